The molecule has 0 aliphatic carbocycles. The van der Waals surface area contributed by atoms with Crippen LogP contribution >= 0.6 is 7.37 Å². The Balaban J connectivity index is 3.44. The van der Waals surface area contributed by atoms with Gasteiger partial charge in [-0.05, 0) is 12.8 Å². The molecule has 0 spiro atoms. The first kappa shape index (κ1) is 16.9. The lowest BCUT2D eigenvalue weighted by atomic mass is 10.3. The molecule has 1 atom stereocenters. The van der Waals surface area contributed by atoms with Crippen molar-refractivity contribution in [1.82, 2.24) is 0 Å². The van der Waals surface area contributed by atoms with E-state index in [4.69, 9.17) is 14.4 Å². The van der Waals surface area contributed by atoms with E-state index in [0.29, 0.717) is 12.8 Å². The molecule has 104 valence electrons. The molecule has 0 bridgehead atoms. The van der Waals surface area contributed by atoms with Crippen LogP contribution in [0.15, 0.2) is 12.7 Å². The van der Waals surface area contributed by atoms with Gasteiger partial charge in [-0.15, -0.1) is 0 Å². The molecule has 0 heterocycles. The van der Waals surface area contributed by atoms with E-state index in [9.17, 15) is 14.2 Å². The van der Waals surface area contributed by atoms with Gasteiger partial charge in [-0.2, -0.15) is 0 Å². The van der Waals surface area contributed by atoms with E-state index >= 15 is 0 Å². The molecule has 0 saturated carbocycles. The van der Waals surface area contributed by atoms with E-state index < -0.39 is 19.3 Å². The summed E-state index contributed by atoms with van der Waals surface area (Å²) in [5.74, 6) is -0.970. The highest BCUT2D eigenvalue weighted by Gasteiger charge is 2.13. The van der Waals surface area contributed by atoms with Gasteiger partial charge in [0.15, 0.2) is 7.37 Å². The largest absolute Gasteiger partial charge is 0.466 e. The van der Waals surface area contributed by atoms with Crippen LogP contribution in [0.3, 0.4) is 0 Å². The highest BCUT2D eigenvalue weighted by Crippen LogP contribution is 2.35. The first-order valence-electron chi connectivity index (χ1n) is 5.59. The van der Waals surface area contributed by atoms with Gasteiger partial charge in [-0.1, -0.05) is 6.58 Å². The topological polar surface area (TPSA) is 89.9 Å². The number of carbonyl (C=O) groups is 2. The fraction of sp³-hybridized carbons (Fsp3) is 0.636. The molecule has 0 fully saturated rings. The molecule has 0 saturated heterocycles. The summed E-state index contributed by atoms with van der Waals surface area (Å²) in [6.07, 6.45) is 2.11. The van der Waals surface area contributed by atoms with Crippen molar-refractivity contribution >= 4 is 19.3 Å². The summed E-state index contributed by atoms with van der Waals surface area (Å²) in [6.45, 7) is 4.92. The Morgan fingerprint density at radius 2 is 1.83 bits per heavy atom. The van der Waals surface area contributed by atoms with Crippen molar-refractivity contribution in [2.45, 2.75) is 19.3 Å². The quantitative estimate of drug-likeness (QED) is 0.296. The van der Waals surface area contributed by atoms with E-state index in [1.807, 2.05) is 0 Å². The lowest BCUT2D eigenvalue weighted by Gasteiger charge is -2.06. The molecule has 0 aromatic carbocycles. The third-order valence-electron chi connectivity index (χ3n) is 1.94. The van der Waals surface area contributed by atoms with Crippen molar-refractivity contribution in [2.75, 3.05) is 26.0 Å². The number of hydrogen-bond donors (Lipinski definition) is 1. The van der Waals surface area contributed by atoms with Crippen molar-refractivity contribution in [3.63, 3.8) is 0 Å². The van der Waals surface area contributed by atoms with Crippen molar-refractivity contribution in [2.24, 2.45) is 0 Å². The van der Waals surface area contributed by atoms with Gasteiger partial charge in [0, 0.05) is 18.9 Å². The molecule has 0 rings (SSSR count). The molecule has 0 aliphatic heterocycles. The minimum atomic E-state index is -3.15. The normalized spacial score (nSPS) is 13.4. The second kappa shape index (κ2) is 8.89. The second-order valence-electron chi connectivity index (χ2n) is 3.82. The van der Waals surface area contributed by atoms with Gasteiger partial charge >= 0.3 is 11.9 Å². The van der Waals surface area contributed by atoms with Gasteiger partial charge in [0.25, 0.3) is 0 Å². The number of carbonyl (C=O) groups excluding carboxylic acids is 2. The molecule has 0 amide bonds. The summed E-state index contributed by atoms with van der Waals surface area (Å²) in [5, 5.41) is 0. The number of rotatable bonds is 9. The number of unbranched alkanes of at least 4 members (excludes halogenated alkanes) is 1. The van der Waals surface area contributed by atoms with Gasteiger partial charge in [-0.25, -0.2) is 4.79 Å². The molecule has 0 aromatic heterocycles. The van der Waals surface area contributed by atoms with Gasteiger partial charge in [0.2, 0.25) is 0 Å². The summed E-state index contributed by atoms with van der Waals surface area (Å²) < 4.78 is 20.5. The lowest BCUT2D eigenvalue weighted by molar-refractivity contribution is -0.144. The molecule has 0 aromatic rings. The predicted molar refractivity (Wildman–Crippen MR) is 66.6 cm³/mol. The molecule has 1 N–H and O–H groups in total. The molecule has 1 unspecified atom stereocenters. The summed E-state index contributed by atoms with van der Waals surface area (Å²) in [7, 11) is -3.15. The SMILES string of the molecule is C=CC(=O)OCCCCOC(=O)CCP(C)(=O)O. The maximum absolute atomic E-state index is 11.1. The Morgan fingerprint density at radius 3 is 2.33 bits per heavy atom. The zero-order valence-electron chi connectivity index (χ0n) is 10.5. The average molecular weight is 278 g/mol. The Kier molecular flexibility index (Phi) is 8.33. The van der Waals surface area contributed by atoms with Crippen LogP contribution in [-0.2, 0) is 23.6 Å². The highest BCUT2D eigenvalue weighted by atomic mass is 31.2. The molecule has 18 heavy (non-hydrogen) atoms. The summed E-state index contributed by atoms with van der Waals surface area (Å²) in [4.78, 5) is 30.8. The van der Waals surface area contributed by atoms with Crippen LogP contribution in [0.25, 0.3) is 0 Å². The molecule has 7 heteroatoms. The van der Waals surface area contributed by atoms with Gasteiger partial charge in [0.05, 0.1) is 19.6 Å². The summed E-state index contributed by atoms with van der Waals surface area (Å²) >= 11 is 0. The van der Waals surface area contributed by atoms with Crippen LogP contribution in [-0.4, -0.2) is 42.9 Å². The molecule has 0 aliphatic rings. The molecule has 0 radical (unpaired) electrons. The zero-order valence-corrected chi connectivity index (χ0v) is 11.4. The van der Waals surface area contributed by atoms with Crippen LogP contribution < -0.4 is 0 Å². The smallest absolute Gasteiger partial charge is 0.330 e. The predicted octanol–water partition coefficient (Wildman–Crippen LogP) is 1.33. The van der Waals surface area contributed by atoms with Gasteiger partial charge in [0.1, 0.15) is 0 Å². The number of hydrogen-bond acceptors (Lipinski definition) is 5. The number of esters is 2. The zero-order chi connectivity index (χ0) is 14.0. The maximum Gasteiger partial charge on any atom is 0.330 e. The lowest BCUT2D eigenvalue weighted by Crippen LogP contribution is -2.09. The minimum Gasteiger partial charge on any atom is -0.466 e. The van der Waals surface area contributed by atoms with Crippen LogP contribution in [0, 0.1) is 0 Å². The number of ether oxygens (including phenoxy) is 2. The Hall–Kier alpha value is -1.13. The van der Waals surface area contributed by atoms with Crippen molar-refractivity contribution in [3.05, 3.63) is 12.7 Å². The summed E-state index contributed by atoms with van der Waals surface area (Å²) in [6, 6.07) is 0. The first-order chi connectivity index (χ1) is 8.35. The van der Waals surface area contributed by atoms with E-state index in [2.05, 4.69) is 6.58 Å². The highest BCUT2D eigenvalue weighted by molar-refractivity contribution is 7.57. The fourth-order valence-corrected chi connectivity index (χ4v) is 1.59. The van der Waals surface area contributed by atoms with Crippen molar-refractivity contribution in [3.8, 4) is 0 Å². The molecular formula is C11H19O6P. The third-order valence-corrected chi connectivity index (χ3v) is 3.00. The van der Waals surface area contributed by atoms with E-state index in [0.717, 1.165) is 6.08 Å². The Morgan fingerprint density at radius 1 is 1.28 bits per heavy atom. The van der Waals surface area contributed by atoms with Crippen LogP contribution in [0.4, 0.5) is 0 Å². The minimum absolute atomic E-state index is 0.0598. The van der Waals surface area contributed by atoms with E-state index in [-0.39, 0.29) is 25.8 Å². The third kappa shape index (κ3) is 11.4. The van der Waals surface area contributed by atoms with Crippen LogP contribution in [0.2, 0.25) is 0 Å². The van der Waals surface area contributed by atoms with Crippen LogP contribution in [0.5, 0.6) is 0 Å². The second-order valence-corrected chi connectivity index (χ2v) is 6.37. The monoisotopic (exact) mass is 278 g/mol. The Bertz CT molecular complexity index is 332. The maximum atomic E-state index is 11.1. The van der Waals surface area contributed by atoms with Crippen LogP contribution in [0.1, 0.15) is 19.3 Å². The van der Waals surface area contributed by atoms with Crippen molar-refractivity contribution in [1.29, 1.82) is 0 Å². The van der Waals surface area contributed by atoms with Gasteiger partial charge < -0.3 is 14.4 Å². The molecular weight excluding hydrogens is 259 g/mol. The molecule has 6 nitrogen and oxygen atoms in total. The van der Waals surface area contributed by atoms with E-state index in [1.165, 1.54) is 6.66 Å². The van der Waals surface area contributed by atoms with Gasteiger partial charge in [-0.3, -0.25) is 9.36 Å². The summed E-state index contributed by atoms with van der Waals surface area (Å²) in [5.41, 5.74) is 0. The first-order valence-corrected chi connectivity index (χ1v) is 7.88. The van der Waals surface area contributed by atoms with Crippen molar-refractivity contribution < 1.29 is 28.5 Å². The standard InChI is InChI=1S/C11H19O6P/c1-3-10(12)16-7-4-5-8-17-11(13)6-9-18(2,14)15/h3H,1,4-9H2,2H3,(H,14,15). The average Bonchev–Trinajstić information content (AvgIpc) is 2.29. The fourth-order valence-electron chi connectivity index (χ4n) is 0.993. The van der Waals surface area contributed by atoms with E-state index in [1.54, 1.807) is 0 Å². The Labute approximate surface area is 106 Å².